The maximum Gasteiger partial charge on any atom is 1.00 e. The number of rotatable bonds is 6. The first-order chi connectivity index (χ1) is 9.69. The minimum atomic E-state index is -0.119. The summed E-state index contributed by atoms with van der Waals surface area (Å²) < 4.78 is 10.5. The average molecular weight is 318 g/mol. The molecule has 0 N–H and O–H groups in total. The Bertz CT molecular complexity index is 503. The van der Waals surface area contributed by atoms with E-state index in [4.69, 9.17) is 9.47 Å². The molecule has 1 aromatic carbocycles. The summed E-state index contributed by atoms with van der Waals surface area (Å²) in [5.41, 5.74) is 0.698. The SMILES string of the molecule is COc1ccc(C(=O)C(P)C(C)CC(C)(C)C)c(OC)c1.[H-].[Li+]. The van der Waals surface area contributed by atoms with E-state index in [0.29, 0.717) is 17.1 Å². The van der Waals surface area contributed by atoms with Gasteiger partial charge in [0.1, 0.15) is 11.5 Å². The Morgan fingerprint density at radius 2 is 1.86 bits per heavy atom. The van der Waals surface area contributed by atoms with Gasteiger partial charge in [-0.25, -0.2) is 0 Å². The molecule has 1 rings (SSSR count). The smallest absolute Gasteiger partial charge is 1.00 e. The second-order valence-electron chi connectivity index (χ2n) is 6.70. The Kier molecular flexibility index (Phi) is 8.77. The van der Waals surface area contributed by atoms with Gasteiger partial charge in [0.2, 0.25) is 0 Å². The summed E-state index contributed by atoms with van der Waals surface area (Å²) in [6.07, 6.45) is 0.991. The minimum absolute atomic E-state index is 0. The van der Waals surface area contributed by atoms with Gasteiger partial charge < -0.3 is 10.9 Å². The fourth-order valence-corrected chi connectivity index (χ4v) is 2.85. The fraction of sp³-hybridized carbons (Fsp3) is 0.588. The van der Waals surface area contributed by atoms with Crippen LogP contribution in [0.15, 0.2) is 18.2 Å². The van der Waals surface area contributed by atoms with Crippen LogP contribution in [0, 0.1) is 11.3 Å². The van der Waals surface area contributed by atoms with Crippen LogP contribution in [0.25, 0.3) is 0 Å². The van der Waals surface area contributed by atoms with Crippen molar-refractivity contribution in [3.8, 4) is 11.5 Å². The first kappa shape index (κ1) is 21.5. The molecular weight excluding hydrogens is 290 g/mol. The molecule has 0 saturated carbocycles. The van der Waals surface area contributed by atoms with Crippen LogP contribution in [0.5, 0.6) is 11.5 Å². The predicted molar refractivity (Wildman–Crippen MR) is 91.7 cm³/mol. The first-order valence-electron chi connectivity index (χ1n) is 7.21. The third kappa shape index (κ3) is 5.96. The second-order valence-corrected chi connectivity index (χ2v) is 7.42. The Morgan fingerprint density at radius 1 is 1.27 bits per heavy atom. The van der Waals surface area contributed by atoms with Crippen molar-refractivity contribution >= 4 is 15.0 Å². The van der Waals surface area contributed by atoms with Gasteiger partial charge in [0.25, 0.3) is 0 Å². The summed E-state index contributed by atoms with van der Waals surface area (Å²) in [6.45, 7) is 8.70. The molecule has 0 fully saturated rings. The van der Waals surface area contributed by atoms with Crippen LogP contribution in [0.4, 0.5) is 0 Å². The number of hydrogen-bond donors (Lipinski definition) is 0. The molecule has 0 aliphatic carbocycles. The zero-order chi connectivity index (χ0) is 16.2. The Hall–Kier alpha value is -0.483. The zero-order valence-corrected chi connectivity index (χ0v) is 16.1. The van der Waals surface area contributed by atoms with Crippen molar-refractivity contribution in [3.63, 3.8) is 0 Å². The standard InChI is InChI=1S/C17H27O3P.Li.H/c1-11(10-17(2,3)4)16(21)15(18)13-8-7-12(19-5)9-14(13)20-6;;/h7-9,11,16H,10,21H2,1-6H3;;/q;+1;-1. The van der Waals surface area contributed by atoms with Crippen molar-refractivity contribution in [2.75, 3.05) is 14.2 Å². The molecule has 0 saturated heterocycles. The number of Topliss-reactive ketones (excluding diaryl/α,β-unsaturated/α-hetero) is 1. The maximum atomic E-state index is 12.7. The van der Waals surface area contributed by atoms with Gasteiger partial charge in [-0.05, 0) is 29.9 Å². The Balaban J connectivity index is 0. The molecule has 0 heterocycles. The zero-order valence-electron chi connectivity index (χ0n) is 15.9. The third-order valence-electron chi connectivity index (χ3n) is 3.52. The summed E-state index contributed by atoms with van der Waals surface area (Å²) in [7, 11) is 5.86. The van der Waals surface area contributed by atoms with E-state index in [9.17, 15) is 4.79 Å². The van der Waals surface area contributed by atoms with Crippen LogP contribution in [0.3, 0.4) is 0 Å². The first-order valence-corrected chi connectivity index (χ1v) is 7.88. The average Bonchev–Trinajstić information content (AvgIpc) is 2.43. The third-order valence-corrected chi connectivity index (χ3v) is 4.48. The Morgan fingerprint density at radius 3 is 2.32 bits per heavy atom. The van der Waals surface area contributed by atoms with Gasteiger partial charge in [-0.1, -0.05) is 27.7 Å². The monoisotopic (exact) mass is 318 g/mol. The van der Waals surface area contributed by atoms with Crippen molar-refractivity contribution in [3.05, 3.63) is 23.8 Å². The molecule has 0 aliphatic heterocycles. The fourth-order valence-electron chi connectivity index (χ4n) is 2.53. The number of benzene rings is 1. The molecule has 0 aliphatic rings. The molecule has 1 aromatic rings. The van der Waals surface area contributed by atoms with Crippen LogP contribution < -0.4 is 28.3 Å². The normalized spacial score (nSPS) is 13.8. The van der Waals surface area contributed by atoms with Gasteiger partial charge in [-0.3, -0.25) is 4.79 Å². The van der Waals surface area contributed by atoms with Gasteiger partial charge in [-0.15, -0.1) is 9.24 Å². The van der Waals surface area contributed by atoms with E-state index in [1.165, 1.54) is 0 Å². The molecule has 120 valence electrons. The molecule has 3 atom stereocenters. The molecule has 0 bridgehead atoms. The van der Waals surface area contributed by atoms with Crippen molar-refractivity contribution < 1.29 is 34.6 Å². The molecule has 3 unspecified atom stereocenters. The van der Waals surface area contributed by atoms with Crippen molar-refractivity contribution in [1.29, 1.82) is 0 Å². The molecule has 22 heavy (non-hydrogen) atoms. The topological polar surface area (TPSA) is 35.5 Å². The summed E-state index contributed by atoms with van der Waals surface area (Å²) >= 11 is 0. The van der Waals surface area contributed by atoms with Crippen LogP contribution in [0.1, 0.15) is 45.9 Å². The molecule has 0 radical (unpaired) electrons. The Labute approximate surface area is 150 Å². The number of hydrogen-bond acceptors (Lipinski definition) is 3. The van der Waals surface area contributed by atoms with E-state index in [2.05, 4.69) is 36.9 Å². The summed E-state index contributed by atoms with van der Waals surface area (Å²) in [5, 5.41) is 0. The largest absolute Gasteiger partial charge is 1.00 e. The van der Waals surface area contributed by atoms with E-state index < -0.39 is 0 Å². The van der Waals surface area contributed by atoms with Gasteiger partial charge in [0.15, 0.2) is 5.78 Å². The number of ketones is 1. The van der Waals surface area contributed by atoms with Crippen LogP contribution in [0.2, 0.25) is 0 Å². The van der Waals surface area contributed by atoms with Gasteiger partial charge in [0, 0.05) is 11.7 Å². The molecular formula is C17H28LiO3P. The van der Waals surface area contributed by atoms with Gasteiger partial charge in [0.05, 0.1) is 19.8 Å². The van der Waals surface area contributed by atoms with Crippen molar-refractivity contribution in [1.82, 2.24) is 0 Å². The minimum Gasteiger partial charge on any atom is -1.00 e. The van der Waals surface area contributed by atoms with Crippen molar-refractivity contribution in [2.24, 2.45) is 11.3 Å². The molecule has 5 heteroatoms. The van der Waals surface area contributed by atoms with E-state index in [1.54, 1.807) is 32.4 Å². The molecule has 0 spiro atoms. The predicted octanol–water partition coefficient (Wildman–Crippen LogP) is 1.32. The number of carbonyl (C=O) groups excluding carboxylic acids is 1. The van der Waals surface area contributed by atoms with Crippen LogP contribution in [-0.2, 0) is 0 Å². The van der Waals surface area contributed by atoms with Crippen LogP contribution >= 0.6 is 9.24 Å². The van der Waals surface area contributed by atoms with Gasteiger partial charge >= 0.3 is 18.9 Å². The number of ether oxygens (including phenoxy) is 2. The van der Waals surface area contributed by atoms with Crippen molar-refractivity contribution in [2.45, 2.75) is 39.8 Å². The summed E-state index contributed by atoms with van der Waals surface area (Å²) in [5.74, 6) is 1.63. The van der Waals surface area contributed by atoms with Gasteiger partial charge in [-0.2, -0.15) is 0 Å². The summed E-state index contributed by atoms with van der Waals surface area (Å²) in [6, 6.07) is 5.32. The number of methoxy groups -OCH3 is 2. The second kappa shape index (κ2) is 8.97. The van der Waals surface area contributed by atoms with E-state index in [1.807, 2.05) is 0 Å². The molecule has 3 nitrogen and oxygen atoms in total. The molecule has 0 amide bonds. The van der Waals surface area contributed by atoms with Crippen LogP contribution in [-0.4, -0.2) is 25.7 Å². The summed E-state index contributed by atoms with van der Waals surface area (Å²) in [4.78, 5) is 12.7. The quantitative estimate of drug-likeness (QED) is 0.451. The van der Waals surface area contributed by atoms with E-state index >= 15 is 0 Å². The van der Waals surface area contributed by atoms with E-state index in [0.717, 1.165) is 6.42 Å². The van der Waals surface area contributed by atoms with E-state index in [-0.39, 0.29) is 43.1 Å². The molecule has 0 aromatic heterocycles. The maximum absolute atomic E-state index is 12.7. The number of carbonyl (C=O) groups is 1.